The Balaban J connectivity index is 1.47. The van der Waals surface area contributed by atoms with Crippen molar-refractivity contribution in [1.82, 2.24) is 0 Å². The molecule has 37 heavy (non-hydrogen) atoms. The van der Waals surface area contributed by atoms with Gasteiger partial charge in [0, 0.05) is 15.5 Å². The molecule has 0 radical (unpaired) electrons. The van der Waals surface area contributed by atoms with E-state index in [1.807, 2.05) is 42.5 Å². The summed E-state index contributed by atoms with van der Waals surface area (Å²) in [6, 6.07) is 29.6. The molecule has 1 aliphatic carbocycles. The van der Waals surface area contributed by atoms with Crippen LogP contribution in [0.5, 0.6) is 5.75 Å². The standard InChI is InChI=1S/C31H23F2NO2S/c32-21-11-15-23(16-12-21)34-28(29(31(34)35)36-24-7-2-1-3-8-24)27-19-10-20-6-4-5-9-26(20)30(27)37-25-17-13-22(33)14-18-25/h1-9,11-18,28-29H,10,19H2. The van der Waals surface area contributed by atoms with Gasteiger partial charge in [0.25, 0.3) is 5.91 Å². The molecule has 0 bridgehead atoms. The lowest BCUT2D eigenvalue weighted by atomic mass is 9.81. The number of hydrogen-bond acceptors (Lipinski definition) is 3. The van der Waals surface area contributed by atoms with Crippen LogP contribution in [-0.2, 0) is 11.2 Å². The van der Waals surface area contributed by atoms with Gasteiger partial charge in [0.05, 0.1) is 0 Å². The predicted molar refractivity (Wildman–Crippen MR) is 142 cm³/mol. The average molecular weight is 512 g/mol. The summed E-state index contributed by atoms with van der Waals surface area (Å²) >= 11 is 1.57. The molecule has 1 aliphatic heterocycles. The highest BCUT2D eigenvalue weighted by atomic mass is 32.2. The van der Waals surface area contributed by atoms with E-state index in [0.29, 0.717) is 11.4 Å². The summed E-state index contributed by atoms with van der Waals surface area (Å²) in [5, 5.41) is 0. The zero-order chi connectivity index (χ0) is 25.4. The molecule has 0 N–H and O–H groups in total. The highest BCUT2D eigenvalue weighted by molar-refractivity contribution is 8.08. The molecule has 1 amide bonds. The Morgan fingerprint density at radius 2 is 1.41 bits per heavy atom. The molecule has 6 heteroatoms. The minimum absolute atomic E-state index is 0.169. The number of fused-ring (bicyclic) bond motifs is 1. The van der Waals surface area contributed by atoms with E-state index in [1.165, 1.54) is 29.8 Å². The molecule has 4 aromatic rings. The van der Waals surface area contributed by atoms with E-state index in [0.717, 1.165) is 33.8 Å². The van der Waals surface area contributed by atoms with Crippen LogP contribution in [0.2, 0.25) is 0 Å². The predicted octanol–water partition coefficient (Wildman–Crippen LogP) is 7.28. The molecule has 6 rings (SSSR count). The Labute approximate surface area is 218 Å². The van der Waals surface area contributed by atoms with Gasteiger partial charge in [-0.3, -0.25) is 9.69 Å². The number of amides is 1. The lowest BCUT2D eigenvalue weighted by Gasteiger charge is -2.48. The van der Waals surface area contributed by atoms with Gasteiger partial charge in [0.15, 0.2) is 0 Å². The van der Waals surface area contributed by atoms with Crippen LogP contribution < -0.4 is 9.64 Å². The Kier molecular flexibility index (Phi) is 6.26. The average Bonchev–Trinajstić information content (AvgIpc) is 2.93. The summed E-state index contributed by atoms with van der Waals surface area (Å²) in [6.45, 7) is 0. The fourth-order valence-electron chi connectivity index (χ4n) is 4.99. The molecule has 1 heterocycles. The molecule has 0 aromatic heterocycles. The van der Waals surface area contributed by atoms with Gasteiger partial charge in [-0.25, -0.2) is 8.78 Å². The van der Waals surface area contributed by atoms with Crippen molar-refractivity contribution < 1.29 is 18.3 Å². The summed E-state index contributed by atoms with van der Waals surface area (Å²) in [6.07, 6.45) is 0.862. The van der Waals surface area contributed by atoms with Gasteiger partial charge in [0.2, 0.25) is 6.10 Å². The number of ether oxygens (including phenoxy) is 1. The van der Waals surface area contributed by atoms with Crippen LogP contribution >= 0.6 is 11.8 Å². The largest absolute Gasteiger partial charge is 0.478 e. The Bertz CT molecular complexity index is 1470. The van der Waals surface area contributed by atoms with E-state index in [2.05, 4.69) is 12.1 Å². The van der Waals surface area contributed by atoms with Crippen LogP contribution in [-0.4, -0.2) is 18.1 Å². The normalized spacial score (nSPS) is 18.9. The van der Waals surface area contributed by atoms with E-state index in [-0.39, 0.29) is 23.6 Å². The van der Waals surface area contributed by atoms with Gasteiger partial charge >= 0.3 is 0 Å². The van der Waals surface area contributed by atoms with E-state index in [1.54, 1.807) is 40.9 Å². The van der Waals surface area contributed by atoms with Crippen LogP contribution in [0.4, 0.5) is 14.5 Å². The molecule has 184 valence electrons. The van der Waals surface area contributed by atoms with E-state index in [4.69, 9.17) is 4.74 Å². The summed E-state index contributed by atoms with van der Waals surface area (Å²) in [5.41, 5.74) is 4.05. The van der Waals surface area contributed by atoms with Crippen molar-refractivity contribution in [1.29, 1.82) is 0 Å². The van der Waals surface area contributed by atoms with Crippen LogP contribution in [0, 0.1) is 11.6 Å². The van der Waals surface area contributed by atoms with E-state index < -0.39 is 6.10 Å². The lowest BCUT2D eigenvalue weighted by Crippen LogP contribution is -2.68. The summed E-state index contributed by atoms with van der Waals surface area (Å²) < 4.78 is 33.6. The van der Waals surface area contributed by atoms with Crippen molar-refractivity contribution >= 4 is 28.3 Å². The first kappa shape index (κ1) is 23.5. The highest BCUT2D eigenvalue weighted by Gasteiger charge is 2.53. The molecule has 0 spiro atoms. The molecule has 0 saturated carbocycles. The van der Waals surface area contributed by atoms with Gasteiger partial charge < -0.3 is 4.74 Å². The SMILES string of the molecule is O=C1C(Oc2ccccc2)C(C2=C(Sc3ccc(F)cc3)c3ccccc3CC2)N1c1ccc(F)cc1. The second-order valence-electron chi connectivity index (χ2n) is 9.05. The molecular weight excluding hydrogens is 488 g/mol. The number of hydrogen-bond donors (Lipinski definition) is 0. The third-order valence-electron chi connectivity index (χ3n) is 6.76. The number of carbonyl (C=O) groups is 1. The molecule has 1 saturated heterocycles. The number of anilines is 1. The Morgan fingerprint density at radius 3 is 2.14 bits per heavy atom. The Hall–Kier alpha value is -3.90. The van der Waals surface area contributed by atoms with Gasteiger partial charge in [-0.2, -0.15) is 0 Å². The van der Waals surface area contributed by atoms with Crippen LogP contribution in [0.3, 0.4) is 0 Å². The zero-order valence-corrected chi connectivity index (χ0v) is 20.6. The number of thioether (sulfide) groups is 1. The van der Waals surface area contributed by atoms with Crippen LogP contribution in [0.1, 0.15) is 17.5 Å². The van der Waals surface area contributed by atoms with Gasteiger partial charge in [-0.15, -0.1) is 0 Å². The number of benzene rings is 4. The minimum atomic E-state index is -0.712. The molecule has 4 aromatic carbocycles. The first-order valence-electron chi connectivity index (χ1n) is 12.1. The van der Waals surface area contributed by atoms with Crippen molar-refractivity contribution in [3.63, 3.8) is 0 Å². The van der Waals surface area contributed by atoms with Crippen molar-refractivity contribution in [2.75, 3.05) is 4.90 Å². The van der Waals surface area contributed by atoms with Crippen molar-refractivity contribution in [2.24, 2.45) is 0 Å². The van der Waals surface area contributed by atoms with Crippen molar-refractivity contribution in [3.05, 3.63) is 131 Å². The first-order valence-corrected chi connectivity index (χ1v) is 13.0. The van der Waals surface area contributed by atoms with E-state index >= 15 is 0 Å². The highest BCUT2D eigenvalue weighted by Crippen LogP contribution is 2.48. The fraction of sp³-hybridized carbons (Fsp3) is 0.129. The smallest absolute Gasteiger partial charge is 0.271 e. The van der Waals surface area contributed by atoms with Gasteiger partial charge in [0.1, 0.15) is 23.4 Å². The molecule has 2 atom stereocenters. The zero-order valence-electron chi connectivity index (χ0n) is 19.8. The third kappa shape index (κ3) is 4.53. The third-order valence-corrected chi connectivity index (χ3v) is 7.96. The van der Waals surface area contributed by atoms with Crippen LogP contribution in [0.25, 0.3) is 4.91 Å². The molecule has 2 aliphatic rings. The summed E-state index contributed by atoms with van der Waals surface area (Å²) in [4.78, 5) is 17.1. The quantitative estimate of drug-likeness (QED) is 0.255. The Morgan fingerprint density at radius 1 is 0.757 bits per heavy atom. The topological polar surface area (TPSA) is 29.5 Å². The number of halogens is 2. The van der Waals surface area contributed by atoms with Crippen molar-refractivity contribution in [2.45, 2.75) is 29.9 Å². The van der Waals surface area contributed by atoms with Crippen molar-refractivity contribution in [3.8, 4) is 5.75 Å². The molecule has 1 fully saturated rings. The lowest BCUT2D eigenvalue weighted by molar-refractivity contribution is -0.133. The first-order chi connectivity index (χ1) is 18.1. The second-order valence-corrected chi connectivity index (χ2v) is 10.1. The molecular formula is C31H23F2NO2S. The van der Waals surface area contributed by atoms with Gasteiger partial charge in [-0.1, -0.05) is 54.2 Å². The van der Waals surface area contributed by atoms with Gasteiger partial charge in [-0.05, 0) is 90.2 Å². The maximum absolute atomic E-state index is 13.7. The monoisotopic (exact) mass is 511 g/mol. The maximum Gasteiger partial charge on any atom is 0.271 e. The maximum atomic E-state index is 13.7. The van der Waals surface area contributed by atoms with E-state index in [9.17, 15) is 13.6 Å². The molecule has 3 nitrogen and oxygen atoms in total. The number of aryl methyl sites for hydroxylation is 1. The fourth-order valence-corrected chi connectivity index (χ4v) is 6.16. The number of rotatable bonds is 6. The number of carbonyl (C=O) groups excluding carboxylic acids is 1. The number of nitrogens with zero attached hydrogens (tertiary/aromatic N) is 1. The molecule has 2 unspecified atom stereocenters. The minimum Gasteiger partial charge on any atom is -0.478 e. The number of β-lactam (4-membered cyclic amide) rings is 1. The number of para-hydroxylation sites is 1. The van der Waals surface area contributed by atoms with Crippen LogP contribution in [0.15, 0.2) is 114 Å². The second kappa shape index (κ2) is 9.87. The summed E-state index contributed by atoms with van der Waals surface area (Å²) in [5.74, 6) is -0.193. The summed E-state index contributed by atoms with van der Waals surface area (Å²) in [7, 11) is 0.